The van der Waals surface area contributed by atoms with Crippen LogP contribution in [0, 0.1) is 5.92 Å². The third kappa shape index (κ3) is 2.97. The smallest absolute Gasteiger partial charge is 0.226 e. The van der Waals surface area contributed by atoms with Crippen molar-refractivity contribution in [3.05, 3.63) is 34.1 Å². The van der Waals surface area contributed by atoms with Crippen molar-refractivity contribution < 1.29 is 4.52 Å². The Hall–Kier alpha value is -1.10. The minimum Gasteiger partial charge on any atom is -0.339 e. The Kier molecular flexibility index (Phi) is 4.24. The number of nitrogens with zero attached hydrogens (tertiary/aromatic N) is 2. The largest absolute Gasteiger partial charge is 0.339 e. The van der Waals surface area contributed by atoms with E-state index in [0.29, 0.717) is 33.2 Å². The molecule has 1 aliphatic heterocycles. The molecule has 3 rings (SSSR count). The average Bonchev–Trinajstić information content (AvgIpc) is 3.07. The highest BCUT2D eigenvalue weighted by Crippen LogP contribution is 2.32. The lowest BCUT2D eigenvalue weighted by Crippen LogP contribution is -2.09. The van der Waals surface area contributed by atoms with Gasteiger partial charge in [-0.2, -0.15) is 4.98 Å². The summed E-state index contributed by atoms with van der Waals surface area (Å²) in [6, 6.07) is 5.33. The monoisotopic (exact) mass is 311 g/mol. The molecular weight excluding hydrogens is 297 g/mol. The number of aromatic nitrogens is 2. The van der Waals surface area contributed by atoms with Gasteiger partial charge in [0.2, 0.25) is 11.7 Å². The summed E-state index contributed by atoms with van der Waals surface area (Å²) in [7, 11) is 0. The molecule has 1 aromatic carbocycles. The molecule has 106 valence electrons. The summed E-state index contributed by atoms with van der Waals surface area (Å²) >= 11 is 12.3. The van der Waals surface area contributed by atoms with Crippen molar-refractivity contribution in [2.24, 2.45) is 5.92 Å². The van der Waals surface area contributed by atoms with Crippen molar-refractivity contribution in [2.75, 3.05) is 13.1 Å². The first kappa shape index (κ1) is 13.9. The molecule has 1 fully saturated rings. The standard InChI is InChI=1S/C14H15Cl2N3O/c15-10-2-1-3-11(16)13(10)14-18-12(20-19-14)5-4-9-6-7-17-8-9/h1-3,9,17H,4-8H2. The molecule has 1 aromatic heterocycles. The maximum absolute atomic E-state index is 6.14. The molecule has 0 amide bonds. The van der Waals surface area contributed by atoms with Crippen LogP contribution in [0.1, 0.15) is 18.7 Å². The summed E-state index contributed by atoms with van der Waals surface area (Å²) in [6.07, 6.45) is 3.07. The van der Waals surface area contributed by atoms with E-state index in [1.54, 1.807) is 18.2 Å². The van der Waals surface area contributed by atoms with Gasteiger partial charge in [0, 0.05) is 6.42 Å². The van der Waals surface area contributed by atoms with Crippen LogP contribution in [0.3, 0.4) is 0 Å². The number of rotatable bonds is 4. The van der Waals surface area contributed by atoms with E-state index < -0.39 is 0 Å². The van der Waals surface area contributed by atoms with Crippen LogP contribution in [-0.2, 0) is 6.42 Å². The first-order chi connectivity index (χ1) is 9.74. The van der Waals surface area contributed by atoms with E-state index in [9.17, 15) is 0 Å². The summed E-state index contributed by atoms with van der Waals surface area (Å²) < 4.78 is 5.29. The molecule has 2 heterocycles. The third-order valence-electron chi connectivity index (χ3n) is 3.58. The molecule has 4 nitrogen and oxygen atoms in total. The van der Waals surface area contributed by atoms with E-state index in [2.05, 4.69) is 15.5 Å². The van der Waals surface area contributed by atoms with Crippen molar-refractivity contribution in [1.82, 2.24) is 15.5 Å². The van der Waals surface area contributed by atoms with E-state index in [1.165, 1.54) is 6.42 Å². The second kappa shape index (κ2) is 6.12. The number of aryl methyl sites for hydroxylation is 1. The Labute approximate surface area is 127 Å². The molecule has 1 N–H and O–H groups in total. The first-order valence-electron chi connectivity index (χ1n) is 6.71. The number of benzene rings is 1. The first-order valence-corrected chi connectivity index (χ1v) is 7.47. The highest BCUT2D eigenvalue weighted by molar-refractivity contribution is 6.38. The van der Waals surface area contributed by atoms with E-state index in [0.717, 1.165) is 25.9 Å². The van der Waals surface area contributed by atoms with Crippen molar-refractivity contribution in [2.45, 2.75) is 19.3 Å². The molecule has 1 aliphatic rings. The average molecular weight is 312 g/mol. The maximum atomic E-state index is 6.14. The summed E-state index contributed by atoms with van der Waals surface area (Å²) in [6.45, 7) is 2.19. The molecule has 0 aliphatic carbocycles. The summed E-state index contributed by atoms with van der Waals surface area (Å²) in [4.78, 5) is 4.40. The second-order valence-electron chi connectivity index (χ2n) is 5.01. The highest BCUT2D eigenvalue weighted by atomic mass is 35.5. The summed E-state index contributed by atoms with van der Waals surface area (Å²) in [5.41, 5.74) is 0.633. The van der Waals surface area contributed by atoms with Gasteiger partial charge in [-0.1, -0.05) is 34.4 Å². The van der Waals surface area contributed by atoms with E-state index in [1.807, 2.05) is 0 Å². The van der Waals surface area contributed by atoms with Gasteiger partial charge in [0.25, 0.3) is 0 Å². The fraction of sp³-hybridized carbons (Fsp3) is 0.429. The number of hydrogen-bond acceptors (Lipinski definition) is 4. The van der Waals surface area contributed by atoms with Gasteiger partial charge in [-0.3, -0.25) is 0 Å². The quantitative estimate of drug-likeness (QED) is 0.937. The predicted molar refractivity (Wildman–Crippen MR) is 79.1 cm³/mol. The van der Waals surface area contributed by atoms with Gasteiger partial charge < -0.3 is 9.84 Å². The Morgan fingerprint density at radius 3 is 2.80 bits per heavy atom. The minimum atomic E-state index is 0.458. The molecule has 6 heteroatoms. The van der Waals surface area contributed by atoms with Crippen LogP contribution in [0.4, 0.5) is 0 Å². The second-order valence-corrected chi connectivity index (χ2v) is 5.82. The highest BCUT2D eigenvalue weighted by Gasteiger charge is 2.18. The molecule has 1 unspecified atom stereocenters. The number of hydrogen-bond donors (Lipinski definition) is 1. The van der Waals surface area contributed by atoms with Crippen LogP contribution in [0.2, 0.25) is 10.0 Å². The zero-order valence-corrected chi connectivity index (χ0v) is 12.4. The Bertz CT molecular complexity index is 574. The van der Waals surface area contributed by atoms with E-state index >= 15 is 0 Å². The number of nitrogens with one attached hydrogen (secondary N) is 1. The zero-order valence-electron chi connectivity index (χ0n) is 10.9. The summed E-state index contributed by atoms with van der Waals surface area (Å²) in [5, 5.41) is 8.40. The molecule has 2 aromatic rings. The van der Waals surface area contributed by atoms with Gasteiger partial charge in [0.1, 0.15) is 0 Å². The van der Waals surface area contributed by atoms with Crippen molar-refractivity contribution >= 4 is 23.2 Å². The molecule has 1 saturated heterocycles. The molecule has 0 radical (unpaired) electrons. The van der Waals surface area contributed by atoms with Gasteiger partial charge in [-0.25, -0.2) is 0 Å². The zero-order chi connectivity index (χ0) is 13.9. The van der Waals surface area contributed by atoms with Crippen molar-refractivity contribution in [3.8, 4) is 11.4 Å². The third-order valence-corrected chi connectivity index (χ3v) is 4.21. The normalized spacial score (nSPS) is 18.6. The molecule has 0 spiro atoms. The maximum Gasteiger partial charge on any atom is 0.226 e. The lowest BCUT2D eigenvalue weighted by Gasteiger charge is -2.04. The van der Waals surface area contributed by atoms with Gasteiger partial charge in [-0.15, -0.1) is 0 Å². The minimum absolute atomic E-state index is 0.458. The van der Waals surface area contributed by atoms with Gasteiger partial charge in [0.05, 0.1) is 15.6 Å². The van der Waals surface area contributed by atoms with E-state index in [4.69, 9.17) is 27.7 Å². The van der Waals surface area contributed by atoms with Crippen LogP contribution in [0.25, 0.3) is 11.4 Å². The van der Waals surface area contributed by atoms with Crippen LogP contribution >= 0.6 is 23.2 Å². The van der Waals surface area contributed by atoms with Crippen molar-refractivity contribution in [3.63, 3.8) is 0 Å². The van der Waals surface area contributed by atoms with Crippen LogP contribution < -0.4 is 5.32 Å². The van der Waals surface area contributed by atoms with Crippen LogP contribution in [-0.4, -0.2) is 23.2 Å². The lowest BCUT2D eigenvalue weighted by atomic mass is 10.0. The van der Waals surface area contributed by atoms with Gasteiger partial charge >= 0.3 is 0 Å². The SMILES string of the molecule is Clc1cccc(Cl)c1-c1noc(CCC2CCNC2)n1. The molecule has 1 atom stereocenters. The Morgan fingerprint density at radius 1 is 1.30 bits per heavy atom. The van der Waals surface area contributed by atoms with Gasteiger partial charge in [-0.05, 0) is 44.0 Å². The predicted octanol–water partition coefficient (Wildman–Crippen LogP) is 3.59. The van der Waals surface area contributed by atoms with Crippen molar-refractivity contribution in [1.29, 1.82) is 0 Å². The van der Waals surface area contributed by atoms with Crippen LogP contribution in [0.15, 0.2) is 22.7 Å². The number of halogens is 2. The fourth-order valence-corrected chi connectivity index (χ4v) is 3.02. The summed E-state index contributed by atoms with van der Waals surface area (Å²) in [5.74, 6) is 1.80. The topological polar surface area (TPSA) is 51.0 Å². The fourth-order valence-electron chi connectivity index (χ4n) is 2.46. The molecule has 0 bridgehead atoms. The molecule has 20 heavy (non-hydrogen) atoms. The van der Waals surface area contributed by atoms with Crippen LogP contribution in [0.5, 0.6) is 0 Å². The Balaban J connectivity index is 1.73. The lowest BCUT2D eigenvalue weighted by molar-refractivity contribution is 0.365. The Morgan fingerprint density at radius 2 is 2.10 bits per heavy atom. The van der Waals surface area contributed by atoms with Gasteiger partial charge in [0.15, 0.2) is 0 Å². The molecular formula is C14H15Cl2N3O. The molecule has 0 saturated carbocycles. The van der Waals surface area contributed by atoms with E-state index in [-0.39, 0.29) is 0 Å².